The summed E-state index contributed by atoms with van der Waals surface area (Å²) in [6.07, 6.45) is 0. The van der Waals surface area contributed by atoms with Crippen LogP contribution >= 0.6 is 27.7 Å². The van der Waals surface area contributed by atoms with E-state index in [2.05, 4.69) is 66.2 Å². The maximum Gasteiger partial charge on any atom is 0.0318 e. The Labute approximate surface area is 127 Å². The lowest BCUT2D eigenvalue weighted by Crippen LogP contribution is -2.04. The normalized spacial score (nSPS) is 12.5. The second-order valence-electron chi connectivity index (χ2n) is 4.83. The number of benzene rings is 2. The van der Waals surface area contributed by atoms with E-state index in [1.165, 1.54) is 20.9 Å². The highest BCUT2D eigenvalue weighted by molar-refractivity contribution is 9.10. The predicted octanol–water partition coefficient (Wildman–Crippen LogP) is 5.24. The molecule has 3 heteroatoms. The van der Waals surface area contributed by atoms with Crippen LogP contribution in [0, 0.1) is 13.8 Å². The summed E-state index contributed by atoms with van der Waals surface area (Å²) in [6, 6.07) is 13.0. The van der Waals surface area contributed by atoms with Gasteiger partial charge in [0.15, 0.2) is 0 Å². The Bertz CT molecular complexity index is 593. The van der Waals surface area contributed by atoms with Gasteiger partial charge in [0, 0.05) is 20.3 Å². The predicted molar refractivity (Wildman–Crippen MR) is 86.8 cm³/mol. The molecule has 0 spiro atoms. The van der Waals surface area contributed by atoms with E-state index < -0.39 is 0 Å². The fraction of sp³-hybridized carbons (Fsp3) is 0.250. The Hall–Kier alpha value is -0.770. The highest BCUT2D eigenvalue weighted by atomic mass is 79.9. The topological polar surface area (TPSA) is 26.0 Å². The van der Waals surface area contributed by atoms with Gasteiger partial charge in [0.1, 0.15) is 0 Å². The number of hydrogen-bond donors (Lipinski definition) is 1. The quantitative estimate of drug-likeness (QED) is 0.830. The third kappa shape index (κ3) is 3.62. The van der Waals surface area contributed by atoms with Crippen molar-refractivity contribution in [2.45, 2.75) is 36.6 Å². The average Bonchev–Trinajstić information content (AvgIpc) is 2.36. The molecule has 0 aliphatic heterocycles. The van der Waals surface area contributed by atoms with Gasteiger partial charge in [-0.3, -0.25) is 0 Å². The molecule has 0 heterocycles. The lowest BCUT2D eigenvalue weighted by Gasteiger charge is -2.10. The Morgan fingerprint density at radius 1 is 1.05 bits per heavy atom. The van der Waals surface area contributed by atoms with Crippen molar-refractivity contribution in [2.24, 2.45) is 5.73 Å². The zero-order chi connectivity index (χ0) is 14.0. The van der Waals surface area contributed by atoms with Crippen LogP contribution < -0.4 is 5.73 Å². The summed E-state index contributed by atoms with van der Waals surface area (Å²) < 4.78 is 1.10. The molecule has 19 heavy (non-hydrogen) atoms. The first kappa shape index (κ1) is 14.6. The van der Waals surface area contributed by atoms with Crippen LogP contribution in [-0.2, 0) is 0 Å². The molecule has 0 aliphatic rings. The molecule has 0 fully saturated rings. The van der Waals surface area contributed by atoms with E-state index >= 15 is 0 Å². The van der Waals surface area contributed by atoms with Crippen molar-refractivity contribution in [3.05, 3.63) is 57.6 Å². The van der Waals surface area contributed by atoms with Crippen molar-refractivity contribution in [1.29, 1.82) is 0 Å². The molecular weight excluding hydrogens is 318 g/mol. The van der Waals surface area contributed by atoms with Crippen LogP contribution in [0.3, 0.4) is 0 Å². The maximum absolute atomic E-state index is 5.89. The summed E-state index contributed by atoms with van der Waals surface area (Å²) >= 11 is 5.40. The molecule has 1 nitrogen and oxygen atoms in total. The largest absolute Gasteiger partial charge is 0.324 e. The van der Waals surface area contributed by atoms with E-state index in [0.717, 1.165) is 10.0 Å². The molecule has 0 unspecified atom stereocenters. The smallest absolute Gasteiger partial charge is 0.0318 e. The first-order valence-corrected chi connectivity index (χ1v) is 7.88. The zero-order valence-corrected chi connectivity index (χ0v) is 13.8. The first-order chi connectivity index (χ1) is 8.97. The van der Waals surface area contributed by atoms with Crippen LogP contribution in [0.1, 0.15) is 29.7 Å². The van der Waals surface area contributed by atoms with E-state index in [-0.39, 0.29) is 6.04 Å². The van der Waals surface area contributed by atoms with Crippen LogP contribution in [-0.4, -0.2) is 0 Å². The Kier molecular flexibility index (Phi) is 4.71. The van der Waals surface area contributed by atoms with Crippen molar-refractivity contribution in [3.63, 3.8) is 0 Å². The number of hydrogen-bond acceptors (Lipinski definition) is 2. The Balaban J connectivity index is 2.25. The molecule has 0 amide bonds. The van der Waals surface area contributed by atoms with Crippen LogP contribution in [0.2, 0.25) is 0 Å². The third-order valence-electron chi connectivity index (χ3n) is 3.19. The summed E-state index contributed by atoms with van der Waals surface area (Å²) in [5.41, 5.74) is 9.70. The molecule has 0 aliphatic carbocycles. The van der Waals surface area contributed by atoms with Gasteiger partial charge in [0.2, 0.25) is 0 Å². The number of aryl methyl sites for hydroxylation is 2. The van der Waals surface area contributed by atoms with E-state index in [1.54, 1.807) is 11.8 Å². The number of rotatable bonds is 3. The van der Waals surface area contributed by atoms with Crippen LogP contribution in [0.15, 0.2) is 50.7 Å². The van der Waals surface area contributed by atoms with Gasteiger partial charge in [-0.2, -0.15) is 0 Å². The van der Waals surface area contributed by atoms with Crippen molar-refractivity contribution in [1.82, 2.24) is 0 Å². The molecular formula is C16H18BrNS. The fourth-order valence-corrected chi connectivity index (χ4v) is 3.34. The first-order valence-electron chi connectivity index (χ1n) is 6.27. The number of halogens is 1. The summed E-state index contributed by atoms with van der Waals surface area (Å²) in [4.78, 5) is 2.48. The SMILES string of the molecule is Cc1ccc(Sc2ccc([C@H](C)N)cc2Br)cc1C. The molecule has 2 aromatic rings. The van der Waals surface area contributed by atoms with Gasteiger partial charge in [0.25, 0.3) is 0 Å². The van der Waals surface area contributed by atoms with Crippen LogP contribution in [0.5, 0.6) is 0 Å². The fourth-order valence-electron chi connectivity index (χ4n) is 1.79. The molecule has 0 saturated heterocycles. The van der Waals surface area contributed by atoms with Gasteiger partial charge in [0.05, 0.1) is 0 Å². The molecule has 0 aromatic heterocycles. The van der Waals surface area contributed by atoms with Crippen molar-refractivity contribution in [3.8, 4) is 0 Å². The Morgan fingerprint density at radius 3 is 2.37 bits per heavy atom. The summed E-state index contributed by atoms with van der Waals surface area (Å²) in [7, 11) is 0. The van der Waals surface area contributed by atoms with Crippen molar-refractivity contribution >= 4 is 27.7 Å². The molecule has 100 valence electrons. The van der Waals surface area contributed by atoms with Crippen LogP contribution in [0.25, 0.3) is 0 Å². The standard InChI is InChI=1S/C16H18BrNS/c1-10-4-6-14(8-11(10)2)19-16-7-5-13(12(3)18)9-15(16)17/h4-9,12H,18H2,1-3H3/t12-/m0/s1. The minimum absolute atomic E-state index is 0.0666. The highest BCUT2D eigenvalue weighted by Gasteiger charge is 2.06. The minimum Gasteiger partial charge on any atom is -0.324 e. The van der Waals surface area contributed by atoms with E-state index in [1.807, 2.05) is 6.92 Å². The van der Waals surface area contributed by atoms with Gasteiger partial charge >= 0.3 is 0 Å². The van der Waals surface area contributed by atoms with Gasteiger partial charge in [-0.05, 0) is 77.7 Å². The molecule has 0 bridgehead atoms. The molecule has 0 radical (unpaired) electrons. The summed E-state index contributed by atoms with van der Waals surface area (Å²) in [5.74, 6) is 0. The molecule has 2 rings (SSSR count). The second kappa shape index (κ2) is 6.12. The Morgan fingerprint density at radius 2 is 1.79 bits per heavy atom. The number of nitrogens with two attached hydrogens (primary N) is 1. The van der Waals surface area contributed by atoms with E-state index in [9.17, 15) is 0 Å². The van der Waals surface area contributed by atoms with Gasteiger partial charge < -0.3 is 5.73 Å². The minimum atomic E-state index is 0.0666. The zero-order valence-electron chi connectivity index (χ0n) is 11.4. The molecule has 0 saturated carbocycles. The van der Waals surface area contributed by atoms with Crippen molar-refractivity contribution in [2.75, 3.05) is 0 Å². The lowest BCUT2D eigenvalue weighted by atomic mass is 10.1. The van der Waals surface area contributed by atoms with E-state index in [0.29, 0.717) is 0 Å². The third-order valence-corrected chi connectivity index (χ3v) is 5.17. The van der Waals surface area contributed by atoms with Gasteiger partial charge in [-0.15, -0.1) is 0 Å². The molecule has 2 N–H and O–H groups in total. The molecule has 1 atom stereocenters. The highest BCUT2D eigenvalue weighted by Crippen LogP contribution is 2.35. The maximum atomic E-state index is 5.89. The van der Waals surface area contributed by atoms with E-state index in [4.69, 9.17) is 5.73 Å². The second-order valence-corrected chi connectivity index (χ2v) is 6.80. The van der Waals surface area contributed by atoms with Gasteiger partial charge in [-0.1, -0.05) is 23.9 Å². The summed E-state index contributed by atoms with van der Waals surface area (Å²) in [5, 5.41) is 0. The average molecular weight is 336 g/mol. The molecule has 2 aromatic carbocycles. The lowest BCUT2D eigenvalue weighted by molar-refractivity contribution is 0.815. The van der Waals surface area contributed by atoms with Crippen LogP contribution in [0.4, 0.5) is 0 Å². The van der Waals surface area contributed by atoms with Gasteiger partial charge in [-0.25, -0.2) is 0 Å². The monoisotopic (exact) mass is 335 g/mol. The summed E-state index contributed by atoms with van der Waals surface area (Å²) in [6.45, 7) is 6.28. The van der Waals surface area contributed by atoms with Crippen molar-refractivity contribution < 1.29 is 0 Å².